The number of benzene rings is 1. The number of hydrogen-bond acceptors (Lipinski definition) is 2. The van der Waals surface area contributed by atoms with E-state index in [1.165, 1.54) is 180 Å². The fraction of sp³-hybridized carbons (Fsp3) is 0.826. The van der Waals surface area contributed by atoms with Crippen LogP contribution in [0.15, 0.2) is 24.3 Å². The van der Waals surface area contributed by atoms with E-state index in [1.807, 2.05) is 6.07 Å². The van der Waals surface area contributed by atoms with Crippen molar-refractivity contribution in [1.29, 1.82) is 0 Å². The van der Waals surface area contributed by atoms with Gasteiger partial charge in [0.15, 0.2) is 0 Å². The van der Waals surface area contributed by atoms with Crippen molar-refractivity contribution in [2.45, 2.75) is 245 Å². The van der Waals surface area contributed by atoms with Crippen molar-refractivity contribution < 1.29 is 9.59 Å². The van der Waals surface area contributed by atoms with Gasteiger partial charge in [-0.3, -0.25) is 9.59 Å². The van der Waals surface area contributed by atoms with E-state index < -0.39 is 0 Å². The summed E-state index contributed by atoms with van der Waals surface area (Å²) in [5, 5.41) is 6.18. The molecule has 1 aromatic carbocycles. The lowest BCUT2D eigenvalue weighted by atomic mass is 10.0. The summed E-state index contributed by atoms with van der Waals surface area (Å²) in [6.45, 7) is 5.68. The molecule has 290 valence electrons. The van der Waals surface area contributed by atoms with E-state index >= 15 is 0 Å². The van der Waals surface area contributed by atoms with E-state index in [0.29, 0.717) is 25.9 Å². The van der Waals surface area contributed by atoms with Crippen LogP contribution < -0.4 is 10.6 Å². The molecular weight excluding hydrogens is 613 g/mol. The van der Waals surface area contributed by atoms with Crippen LogP contribution in [0, 0.1) is 0 Å². The van der Waals surface area contributed by atoms with Gasteiger partial charge in [0.05, 0.1) is 0 Å². The third kappa shape index (κ3) is 32.1. The number of amides is 2. The van der Waals surface area contributed by atoms with Crippen molar-refractivity contribution in [3.63, 3.8) is 0 Å². The molecular formula is C46H84N2O2. The SMILES string of the molecule is CCCCCCCCCCCCCCCCCCC(=O)NCc1cccc(CNC(=O)CCCCCCCCCCCCCCCCCC)c1. The van der Waals surface area contributed by atoms with Gasteiger partial charge in [0.1, 0.15) is 0 Å². The minimum Gasteiger partial charge on any atom is -0.352 e. The molecule has 4 nitrogen and oxygen atoms in total. The number of carbonyl (C=O) groups excluding carboxylic acids is 2. The van der Waals surface area contributed by atoms with Gasteiger partial charge in [0, 0.05) is 25.9 Å². The standard InChI is InChI=1S/C46H84N2O2/c1-3-5-7-9-11-13-15-17-19-21-23-25-27-29-31-33-38-45(49)47-41-43-36-35-37-44(40-43)42-48-46(50)39-34-32-30-28-26-24-22-20-18-16-14-12-10-8-6-4-2/h35-37,40H,3-34,38-39,41-42H2,1-2H3,(H,47,49)(H,48,50). The molecule has 0 saturated heterocycles. The van der Waals surface area contributed by atoms with Gasteiger partial charge in [-0.05, 0) is 24.0 Å². The van der Waals surface area contributed by atoms with Crippen LogP contribution in [0.4, 0.5) is 0 Å². The maximum absolute atomic E-state index is 12.4. The average molecular weight is 697 g/mol. The molecule has 0 aromatic heterocycles. The molecule has 4 heteroatoms. The zero-order valence-electron chi connectivity index (χ0n) is 33.6. The summed E-state index contributed by atoms with van der Waals surface area (Å²) in [5.74, 6) is 0.292. The highest BCUT2D eigenvalue weighted by atomic mass is 16.2. The van der Waals surface area contributed by atoms with E-state index in [0.717, 1.165) is 36.8 Å². The van der Waals surface area contributed by atoms with E-state index in [2.05, 4.69) is 42.7 Å². The summed E-state index contributed by atoms with van der Waals surface area (Å²) in [7, 11) is 0. The third-order valence-electron chi connectivity index (χ3n) is 10.5. The predicted molar refractivity (Wildman–Crippen MR) is 218 cm³/mol. The molecule has 0 aliphatic heterocycles. The highest BCUT2D eigenvalue weighted by Crippen LogP contribution is 2.16. The van der Waals surface area contributed by atoms with E-state index in [-0.39, 0.29) is 11.8 Å². The number of nitrogens with one attached hydrogen (secondary N) is 2. The molecule has 0 fully saturated rings. The first-order valence-corrected chi connectivity index (χ1v) is 22.3. The van der Waals surface area contributed by atoms with Gasteiger partial charge in [0.2, 0.25) is 11.8 Å². The quantitative estimate of drug-likeness (QED) is 0.0676. The molecule has 0 unspecified atom stereocenters. The summed E-state index contributed by atoms with van der Waals surface area (Å²) < 4.78 is 0. The van der Waals surface area contributed by atoms with Crippen LogP contribution in [-0.4, -0.2) is 11.8 Å². The van der Waals surface area contributed by atoms with Gasteiger partial charge >= 0.3 is 0 Å². The molecule has 0 aliphatic carbocycles. The molecule has 0 spiro atoms. The zero-order valence-corrected chi connectivity index (χ0v) is 33.6. The van der Waals surface area contributed by atoms with Gasteiger partial charge in [0.25, 0.3) is 0 Å². The molecule has 0 atom stereocenters. The van der Waals surface area contributed by atoms with Crippen LogP contribution in [0.5, 0.6) is 0 Å². The molecule has 2 N–H and O–H groups in total. The fourth-order valence-corrected chi connectivity index (χ4v) is 7.09. The molecule has 50 heavy (non-hydrogen) atoms. The van der Waals surface area contributed by atoms with Crippen LogP contribution >= 0.6 is 0 Å². The van der Waals surface area contributed by atoms with E-state index in [9.17, 15) is 9.59 Å². The second-order valence-electron chi connectivity index (χ2n) is 15.5. The second kappa shape index (κ2) is 36.9. The normalized spacial score (nSPS) is 11.2. The molecule has 1 aromatic rings. The molecule has 0 saturated carbocycles. The predicted octanol–water partition coefficient (Wildman–Crippen LogP) is 14.2. The van der Waals surface area contributed by atoms with Crippen LogP contribution in [-0.2, 0) is 22.7 Å². The lowest BCUT2D eigenvalue weighted by Gasteiger charge is -2.09. The Morgan fingerprint density at radius 1 is 0.380 bits per heavy atom. The summed E-state index contributed by atoms with van der Waals surface area (Å²) in [6, 6.07) is 8.23. The Morgan fingerprint density at radius 2 is 0.620 bits per heavy atom. The van der Waals surface area contributed by atoms with Crippen LogP contribution in [0.1, 0.15) is 243 Å². The Morgan fingerprint density at radius 3 is 0.880 bits per heavy atom. The Hall–Kier alpha value is -1.84. The zero-order chi connectivity index (χ0) is 36.0. The first kappa shape index (κ1) is 46.2. The van der Waals surface area contributed by atoms with Crippen molar-refractivity contribution in [2.24, 2.45) is 0 Å². The number of rotatable bonds is 38. The number of hydrogen-bond donors (Lipinski definition) is 2. The monoisotopic (exact) mass is 697 g/mol. The molecule has 0 bridgehead atoms. The van der Waals surface area contributed by atoms with Gasteiger partial charge in [-0.25, -0.2) is 0 Å². The Balaban J connectivity index is 1.92. The maximum atomic E-state index is 12.4. The van der Waals surface area contributed by atoms with Crippen molar-refractivity contribution in [3.05, 3.63) is 35.4 Å². The minimum atomic E-state index is 0.146. The summed E-state index contributed by atoms with van der Waals surface area (Å²) in [4.78, 5) is 24.8. The number of unbranched alkanes of at least 4 members (excludes halogenated alkanes) is 30. The third-order valence-corrected chi connectivity index (χ3v) is 10.5. The van der Waals surface area contributed by atoms with Crippen LogP contribution in [0.25, 0.3) is 0 Å². The summed E-state index contributed by atoms with van der Waals surface area (Å²) >= 11 is 0. The van der Waals surface area contributed by atoms with Crippen LogP contribution in [0.2, 0.25) is 0 Å². The van der Waals surface area contributed by atoms with Crippen LogP contribution in [0.3, 0.4) is 0 Å². The highest BCUT2D eigenvalue weighted by Gasteiger charge is 2.05. The van der Waals surface area contributed by atoms with Gasteiger partial charge in [-0.2, -0.15) is 0 Å². The van der Waals surface area contributed by atoms with Crippen molar-refractivity contribution in [1.82, 2.24) is 10.6 Å². The first-order valence-electron chi connectivity index (χ1n) is 22.3. The van der Waals surface area contributed by atoms with Crippen molar-refractivity contribution in [3.8, 4) is 0 Å². The number of carbonyl (C=O) groups is 2. The minimum absolute atomic E-state index is 0.146. The Kier molecular flexibility index (Phi) is 34.1. The molecule has 0 aliphatic rings. The Labute approximate surface area is 311 Å². The lowest BCUT2D eigenvalue weighted by molar-refractivity contribution is -0.122. The fourth-order valence-electron chi connectivity index (χ4n) is 7.09. The average Bonchev–Trinajstić information content (AvgIpc) is 3.13. The lowest BCUT2D eigenvalue weighted by Crippen LogP contribution is -2.23. The topological polar surface area (TPSA) is 58.2 Å². The molecule has 0 heterocycles. The molecule has 0 radical (unpaired) electrons. The van der Waals surface area contributed by atoms with Crippen molar-refractivity contribution >= 4 is 11.8 Å². The largest absolute Gasteiger partial charge is 0.352 e. The second-order valence-corrected chi connectivity index (χ2v) is 15.5. The van der Waals surface area contributed by atoms with Gasteiger partial charge < -0.3 is 10.6 Å². The van der Waals surface area contributed by atoms with Gasteiger partial charge in [-0.1, -0.05) is 231 Å². The molecule has 2 amide bonds. The first-order chi connectivity index (χ1) is 24.7. The van der Waals surface area contributed by atoms with Gasteiger partial charge in [-0.15, -0.1) is 0 Å². The highest BCUT2D eigenvalue weighted by molar-refractivity contribution is 5.76. The molecule has 1 rings (SSSR count). The summed E-state index contributed by atoms with van der Waals surface area (Å²) in [5.41, 5.74) is 2.18. The van der Waals surface area contributed by atoms with E-state index in [1.54, 1.807) is 0 Å². The van der Waals surface area contributed by atoms with E-state index in [4.69, 9.17) is 0 Å². The Bertz CT molecular complexity index is 817. The summed E-state index contributed by atoms with van der Waals surface area (Å²) in [6.07, 6.45) is 44.3. The smallest absolute Gasteiger partial charge is 0.220 e. The van der Waals surface area contributed by atoms with Crippen molar-refractivity contribution in [2.75, 3.05) is 0 Å². The maximum Gasteiger partial charge on any atom is 0.220 e.